The molecule has 1 aromatic rings. The first-order valence-electron chi connectivity index (χ1n) is 8.67. The summed E-state index contributed by atoms with van der Waals surface area (Å²) in [5.41, 5.74) is 8.33. The molecule has 0 saturated heterocycles. The van der Waals surface area contributed by atoms with Crippen LogP contribution in [0.15, 0.2) is 24.3 Å². The van der Waals surface area contributed by atoms with E-state index in [1.807, 2.05) is 13.8 Å². The molecule has 1 aliphatic heterocycles. The van der Waals surface area contributed by atoms with Crippen molar-refractivity contribution in [2.45, 2.75) is 58.7 Å². The molecule has 0 saturated carbocycles. The number of nitrogens with one attached hydrogen (secondary N) is 1. The van der Waals surface area contributed by atoms with E-state index in [9.17, 15) is 4.79 Å². The lowest BCUT2D eigenvalue weighted by atomic mass is 9.90. The Hall–Kier alpha value is -1.39. The molecule has 1 heterocycles. The Labute approximate surface area is 140 Å². The quantitative estimate of drug-likeness (QED) is 0.846. The summed E-state index contributed by atoms with van der Waals surface area (Å²) in [5, 5.41) is 3.19. The summed E-state index contributed by atoms with van der Waals surface area (Å²) in [6.45, 7) is 10.6. The van der Waals surface area contributed by atoms with Crippen molar-refractivity contribution in [3.05, 3.63) is 35.4 Å². The van der Waals surface area contributed by atoms with Crippen molar-refractivity contribution in [2.75, 3.05) is 13.1 Å². The fraction of sp³-hybridized carbons (Fsp3) is 0.632. The maximum absolute atomic E-state index is 12.7. The Morgan fingerprint density at radius 2 is 1.96 bits per heavy atom. The van der Waals surface area contributed by atoms with Gasteiger partial charge in [-0.3, -0.25) is 9.69 Å². The molecule has 4 heteroatoms. The molecule has 128 valence electrons. The summed E-state index contributed by atoms with van der Waals surface area (Å²) >= 11 is 0. The van der Waals surface area contributed by atoms with E-state index in [0.717, 1.165) is 25.9 Å². The zero-order valence-corrected chi connectivity index (χ0v) is 14.9. The normalized spacial score (nSPS) is 19.0. The number of benzene rings is 1. The van der Waals surface area contributed by atoms with Gasteiger partial charge >= 0.3 is 0 Å². The van der Waals surface area contributed by atoms with Crippen molar-refractivity contribution in [1.82, 2.24) is 10.2 Å². The number of nitrogens with two attached hydrogens (primary N) is 1. The van der Waals surface area contributed by atoms with Gasteiger partial charge in [-0.25, -0.2) is 0 Å². The number of hydrogen-bond donors (Lipinski definition) is 2. The lowest BCUT2D eigenvalue weighted by Crippen LogP contribution is -2.57. The molecule has 23 heavy (non-hydrogen) atoms. The predicted molar refractivity (Wildman–Crippen MR) is 95.1 cm³/mol. The Morgan fingerprint density at radius 1 is 1.30 bits per heavy atom. The van der Waals surface area contributed by atoms with Crippen molar-refractivity contribution < 1.29 is 4.79 Å². The lowest BCUT2D eigenvalue weighted by Gasteiger charge is -2.37. The average molecular weight is 317 g/mol. The third kappa shape index (κ3) is 4.55. The largest absolute Gasteiger partial charge is 0.348 e. The zero-order valence-electron chi connectivity index (χ0n) is 14.9. The van der Waals surface area contributed by atoms with Crippen molar-refractivity contribution in [3.63, 3.8) is 0 Å². The lowest BCUT2D eigenvalue weighted by molar-refractivity contribution is -0.128. The molecule has 1 amide bonds. The van der Waals surface area contributed by atoms with Crippen LogP contribution in [0.1, 0.15) is 45.2 Å². The standard InChI is InChI=1S/C19H31N3O/c1-14(2)11-19(4,13-20)21-18(23)15(3)22-10-9-16-7-5-6-8-17(16)12-22/h5-8,14-15H,9-13,20H2,1-4H3,(H,21,23). The van der Waals surface area contributed by atoms with Crippen LogP contribution in [0.5, 0.6) is 0 Å². The van der Waals surface area contributed by atoms with Crippen LogP contribution in [-0.4, -0.2) is 35.5 Å². The molecule has 0 radical (unpaired) electrons. The average Bonchev–Trinajstić information content (AvgIpc) is 2.52. The summed E-state index contributed by atoms with van der Waals surface area (Å²) in [5.74, 6) is 0.582. The minimum atomic E-state index is -0.326. The second-order valence-electron chi connectivity index (χ2n) is 7.52. The molecule has 0 fully saturated rings. The molecule has 0 aromatic heterocycles. The highest BCUT2D eigenvalue weighted by Gasteiger charge is 2.31. The van der Waals surface area contributed by atoms with Crippen LogP contribution in [0.4, 0.5) is 0 Å². The van der Waals surface area contributed by atoms with Crippen LogP contribution in [-0.2, 0) is 17.8 Å². The SMILES string of the molecule is CC(C)CC(C)(CN)NC(=O)C(C)N1CCc2ccccc2C1. The smallest absolute Gasteiger partial charge is 0.237 e. The van der Waals surface area contributed by atoms with Crippen LogP contribution in [0.25, 0.3) is 0 Å². The van der Waals surface area contributed by atoms with E-state index in [1.54, 1.807) is 0 Å². The van der Waals surface area contributed by atoms with Gasteiger partial charge in [-0.2, -0.15) is 0 Å². The molecule has 2 rings (SSSR count). The van der Waals surface area contributed by atoms with Gasteiger partial charge in [0.1, 0.15) is 0 Å². The molecule has 0 aliphatic carbocycles. The van der Waals surface area contributed by atoms with Gasteiger partial charge in [0, 0.05) is 25.2 Å². The molecule has 3 N–H and O–H groups in total. The first-order valence-corrected chi connectivity index (χ1v) is 8.67. The van der Waals surface area contributed by atoms with Crippen LogP contribution in [0.3, 0.4) is 0 Å². The number of carbonyl (C=O) groups is 1. The van der Waals surface area contributed by atoms with Crippen LogP contribution in [0, 0.1) is 5.92 Å². The van der Waals surface area contributed by atoms with Crippen LogP contribution < -0.4 is 11.1 Å². The summed E-state index contributed by atoms with van der Waals surface area (Å²) in [7, 11) is 0. The molecular weight excluding hydrogens is 286 g/mol. The molecular formula is C19H31N3O. The molecule has 0 bridgehead atoms. The second-order valence-corrected chi connectivity index (χ2v) is 7.52. The first-order chi connectivity index (χ1) is 10.8. The number of hydrogen-bond acceptors (Lipinski definition) is 3. The van der Waals surface area contributed by atoms with Crippen molar-refractivity contribution in [2.24, 2.45) is 11.7 Å². The molecule has 1 aliphatic rings. The van der Waals surface area contributed by atoms with Crippen molar-refractivity contribution in [1.29, 1.82) is 0 Å². The third-order valence-electron chi connectivity index (χ3n) is 4.82. The number of amides is 1. The van der Waals surface area contributed by atoms with E-state index in [2.05, 4.69) is 48.3 Å². The Bertz CT molecular complexity index is 543. The van der Waals surface area contributed by atoms with Gasteiger partial charge in [-0.05, 0) is 43.7 Å². The molecule has 2 atom stereocenters. The van der Waals surface area contributed by atoms with Gasteiger partial charge in [-0.15, -0.1) is 0 Å². The third-order valence-corrected chi connectivity index (χ3v) is 4.82. The van der Waals surface area contributed by atoms with Crippen LogP contribution >= 0.6 is 0 Å². The van der Waals surface area contributed by atoms with Gasteiger partial charge < -0.3 is 11.1 Å². The predicted octanol–water partition coefficient (Wildman–Crippen LogP) is 2.31. The maximum atomic E-state index is 12.7. The van der Waals surface area contributed by atoms with Crippen LogP contribution in [0.2, 0.25) is 0 Å². The van der Waals surface area contributed by atoms with Gasteiger partial charge in [0.15, 0.2) is 0 Å². The van der Waals surface area contributed by atoms with E-state index in [4.69, 9.17) is 5.73 Å². The number of rotatable bonds is 6. The number of carbonyl (C=O) groups excluding carboxylic acids is 1. The fourth-order valence-electron chi connectivity index (χ4n) is 3.50. The summed E-state index contributed by atoms with van der Waals surface area (Å²) in [6, 6.07) is 8.37. The minimum absolute atomic E-state index is 0.0815. The van der Waals surface area contributed by atoms with Gasteiger partial charge in [0.05, 0.1) is 6.04 Å². The van der Waals surface area contributed by atoms with Crippen molar-refractivity contribution >= 4 is 5.91 Å². The Morgan fingerprint density at radius 3 is 2.57 bits per heavy atom. The number of nitrogens with zero attached hydrogens (tertiary/aromatic N) is 1. The van der Waals surface area contributed by atoms with E-state index in [1.165, 1.54) is 11.1 Å². The number of fused-ring (bicyclic) bond motifs is 1. The van der Waals surface area contributed by atoms with E-state index >= 15 is 0 Å². The van der Waals surface area contributed by atoms with Gasteiger partial charge in [0.2, 0.25) is 5.91 Å². The first kappa shape index (κ1) is 18.0. The highest BCUT2D eigenvalue weighted by molar-refractivity contribution is 5.82. The fourth-order valence-corrected chi connectivity index (χ4v) is 3.50. The van der Waals surface area contributed by atoms with Gasteiger partial charge in [-0.1, -0.05) is 38.1 Å². The Kier molecular flexibility index (Phi) is 5.82. The minimum Gasteiger partial charge on any atom is -0.348 e. The molecule has 1 aromatic carbocycles. The van der Waals surface area contributed by atoms with Crippen molar-refractivity contribution in [3.8, 4) is 0 Å². The van der Waals surface area contributed by atoms with E-state index in [-0.39, 0.29) is 17.5 Å². The Balaban J connectivity index is 2.00. The monoisotopic (exact) mass is 317 g/mol. The van der Waals surface area contributed by atoms with E-state index < -0.39 is 0 Å². The highest BCUT2D eigenvalue weighted by Crippen LogP contribution is 2.21. The topological polar surface area (TPSA) is 58.4 Å². The molecule has 2 unspecified atom stereocenters. The zero-order chi connectivity index (χ0) is 17.0. The van der Waals surface area contributed by atoms with E-state index in [0.29, 0.717) is 12.5 Å². The highest BCUT2D eigenvalue weighted by atomic mass is 16.2. The van der Waals surface area contributed by atoms with Gasteiger partial charge in [0.25, 0.3) is 0 Å². The second kappa shape index (κ2) is 7.45. The molecule has 4 nitrogen and oxygen atoms in total. The maximum Gasteiger partial charge on any atom is 0.237 e. The summed E-state index contributed by atoms with van der Waals surface area (Å²) < 4.78 is 0. The summed E-state index contributed by atoms with van der Waals surface area (Å²) in [6.07, 6.45) is 1.90. The summed E-state index contributed by atoms with van der Waals surface area (Å²) in [4.78, 5) is 15.0. The molecule has 0 spiro atoms.